The molecule has 0 spiro atoms. The second kappa shape index (κ2) is 5.34. The molecule has 0 saturated heterocycles. The summed E-state index contributed by atoms with van der Waals surface area (Å²) in [6, 6.07) is 3.30. The Morgan fingerprint density at radius 2 is 2.05 bits per heavy atom. The van der Waals surface area contributed by atoms with E-state index in [1.54, 1.807) is 0 Å². The molecule has 10 heteroatoms. The van der Waals surface area contributed by atoms with E-state index in [4.69, 9.17) is 5.26 Å². The van der Waals surface area contributed by atoms with Crippen LogP contribution in [0.1, 0.15) is 16.7 Å². The summed E-state index contributed by atoms with van der Waals surface area (Å²) in [5, 5.41) is 12.2. The van der Waals surface area contributed by atoms with Crippen molar-refractivity contribution >= 4 is 15.8 Å². The minimum absolute atomic E-state index is 0.0848. The Morgan fingerprint density at radius 1 is 1.36 bits per heavy atom. The van der Waals surface area contributed by atoms with E-state index in [1.807, 2.05) is 0 Å². The predicted molar refractivity (Wildman–Crippen MR) is 68.2 cm³/mol. The number of nitrogens with zero attached hydrogens (tertiary/aromatic N) is 2. The van der Waals surface area contributed by atoms with Crippen LogP contribution >= 0.6 is 0 Å². The number of anilines is 1. The molecule has 0 aliphatic rings. The fraction of sp³-hybridized carbons (Fsp3) is 0.167. The predicted octanol–water partition coefficient (Wildman–Crippen LogP) is 2.67. The second-order valence-corrected chi connectivity index (χ2v) is 5.95. The van der Waals surface area contributed by atoms with Gasteiger partial charge in [-0.05, 0) is 25.1 Å². The number of benzene rings is 1. The molecule has 1 heterocycles. The number of hydrogen-bond acceptors (Lipinski definition) is 5. The van der Waals surface area contributed by atoms with Gasteiger partial charge in [-0.1, -0.05) is 5.16 Å². The molecule has 0 fully saturated rings. The number of halogens is 3. The molecule has 0 bridgehead atoms. The fourth-order valence-corrected chi connectivity index (χ4v) is 2.69. The Morgan fingerprint density at radius 3 is 2.55 bits per heavy atom. The number of nitrogens with one attached hydrogen (secondary N) is 1. The molecule has 1 aromatic heterocycles. The van der Waals surface area contributed by atoms with Crippen LogP contribution < -0.4 is 4.72 Å². The summed E-state index contributed by atoms with van der Waals surface area (Å²) in [6.07, 6.45) is -3.55. The fourth-order valence-electron chi connectivity index (χ4n) is 1.60. The molecule has 2 rings (SSSR count). The Labute approximate surface area is 123 Å². The highest BCUT2D eigenvalue weighted by molar-refractivity contribution is 7.92. The third kappa shape index (κ3) is 3.04. The number of aromatic nitrogens is 1. The molecule has 0 aliphatic carbocycles. The highest BCUT2D eigenvalue weighted by Gasteiger charge is 2.34. The van der Waals surface area contributed by atoms with Crippen LogP contribution in [0.2, 0.25) is 0 Å². The molecule has 1 aromatic carbocycles. The van der Waals surface area contributed by atoms with E-state index in [2.05, 4.69) is 14.4 Å². The van der Waals surface area contributed by atoms with Gasteiger partial charge in [-0.15, -0.1) is 0 Å². The van der Waals surface area contributed by atoms with Gasteiger partial charge in [0.05, 0.1) is 22.1 Å². The van der Waals surface area contributed by atoms with Crippen LogP contribution in [-0.4, -0.2) is 13.6 Å². The lowest BCUT2D eigenvalue weighted by molar-refractivity contribution is -0.137. The molecule has 0 amide bonds. The molecule has 22 heavy (non-hydrogen) atoms. The van der Waals surface area contributed by atoms with E-state index >= 15 is 0 Å². The number of rotatable bonds is 3. The minimum atomic E-state index is -4.75. The van der Waals surface area contributed by atoms with E-state index in [9.17, 15) is 21.6 Å². The van der Waals surface area contributed by atoms with E-state index in [0.717, 1.165) is 6.07 Å². The standard InChI is InChI=1S/C12H8F3N3O3S/c1-7-6-21-17-11(7)18-22(19,20)9-2-3-10(12(13,14)15)8(4-9)5-16/h2-4,6H,1H3,(H,17,18). The zero-order valence-corrected chi connectivity index (χ0v) is 11.8. The maximum Gasteiger partial charge on any atom is 0.417 e. The van der Waals surface area contributed by atoms with Gasteiger partial charge in [0.15, 0.2) is 5.82 Å². The molecule has 1 N–H and O–H groups in total. The maximum atomic E-state index is 12.7. The van der Waals surface area contributed by atoms with Crippen LogP contribution in [0.3, 0.4) is 0 Å². The number of sulfonamides is 1. The van der Waals surface area contributed by atoms with Gasteiger partial charge in [0.1, 0.15) is 6.26 Å². The van der Waals surface area contributed by atoms with Crippen molar-refractivity contribution in [2.24, 2.45) is 0 Å². The van der Waals surface area contributed by atoms with Gasteiger partial charge in [0, 0.05) is 5.56 Å². The van der Waals surface area contributed by atoms with E-state index in [1.165, 1.54) is 19.3 Å². The van der Waals surface area contributed by atoms with Crippen molar-refractivity contribution in [1.29, 1.82) is 5.26 Å². The lowest BCUT2D eigenvalue weighted by Gasteiger charge is -2.11. The SMILES string of the molecule is Cc1conc1NS(=O)(=O)c1ccc(C(F)(F)F)c(C#N)c1. The van der Waals surface area contributed by atoms with Crippen molar-refractivity contribution in [3.05, 3.63) is 41.2 Å². The third-order valence-corrected chi connectivity index (χ3v) is 4.04. The Hall–Kier alpha value is -2.54. The molecule has 116 valence electrons. The molecule has 0 radical (unpaired) electrons. The average Bonchev–Trinajstić information content (AvgIpc) is 2.82. The monoisotopic (exact) mass is 331 g/mol. The highest BCUT2D eigenvalue weighted by atomic mass is 32.2. The topological polar surface area (TPSA) is 96.0 Å². The first-order chi connectivity index (χ1) is 10.1. The van der Waals surface area contributed by atoms with Crippen LogP contribution in [0.15, 0.2) is 33.9 Å². The maximum absolute atomic E-state index is 12.7. The lowest BCUT2D eigenvalue weighted by atomic mass is 10.1. The largest absolute Gasteiger partial charge is 0.417 e. The minimum Gasteiger partial charge on any atom is -0.362 e. The average molecular weight is 331 g/mol. The Balaban J connectivity index is 2.45. The van der Waals surface area contributed by atoms with Crippen LogP contribution in [0.25, 0.3) is 0 Å². The highest BCUT2D eigenvalue weighted by Crippen LogP contribution is 2.33. The van der Waals surface area contributed by atoms with Crippen LogP contribution in [0, 0.1) is 18.3 Å². The first kappa shape index (κ1) is 15.8. The summed E-state index contributed by atoms with van der Waals surface area (Å²) < 4.78 is 68.9. The van der Waals surface area contributed by atoms with Gasteiger partial charge in [-0.25, -0.2) is 8.42 Å². The van der Waals surface area contributed by atoms with Crippen LogP contribution in [0.5, 0.6) is 0 Å². The molecule has 6 nitrogen and oxygen atoms in total. The Bertz CT molecular complexity index is 850. The summed E-state index contributed by atoms with van der Waals surface area (Å²) in [6.45, 7) is 1.53. The first-order valence-electron chi connectivity index (χ1n) is 5.70. The molecule has 0 aliphatic heterocycles. The van der Waals surface area contributed by atoms with E-state index < -0.39 is 32.2 Å². The normalized spacial score (nSPS) is 12.0. The zero-order chi connectivity index (χ0) is 16.5. The summed E-state index contributed by atoms with van der Waals surface area (Å²) in [5.74, 6) is -0.0848. The van der Waals surface area contributed by atoms with Gasteiger partial charge in [0.2, 0.25) is 0 Å². The van der Waals surface area contributed by atoms with Crippen molar-refractivity contribution < 1.29 is 26.1 Å². The number of nitriles is 1. The first-order valence-corrected chi connectivity index (χ1v) is 7.18. The van der Waals surface area contributed by atoms with Gasteiger partial charge in [0.25, 0.3) is 10.0 Å². The quantitative estimate of drug-likeness (QED) is 0.933. The van der Waals surface area contributed by atoms with Gasteiger partial charge in [-0.3, -0.25) is 4.72 Å². The number of hydrogen-bond donors (Lipinski definition) is 1. The van der Waals surface area contributed by atoms with Crippen molar-refractivity contribution in [3.63, 3.8) is 0 Å². The van der Waals surface area contributed by atoms with E-state index in [0.29, 0.717) is 17.7 Å². The third-order valence-electron chi connectivity index (χ3n) is 2.71. The molecule has 0 atom stereocenters. The molecule has 0 unspecified atom stereocenters. The summed E-state index contributed by atoms with van der Waals surface area (Å²) in [4.78, 5) is -0.487. The summed E-state index contributed by atoms with van der Waals surface area (Å²) >= 11 is 0. The molecule has 2 aromatic rings. The smallest absolute Gasteiger partial charge is 0.362 e. The number of aryl methyl sites for hydroxylation is 1. The zero-order valence-electron chi connectivity index (χ0n) is 11.0. The van der Waals surface area contributed by atoms with E-state index in [-0.39, 0.29) is 5.82 Å². The van der Waals surface area contributed by atoms with Crippen LogP contribution in [0.4, 0.5) is 19.0 Å². The number of alkyl halides is 3. The molecular weight excluding hydrogens is 323 g/mol. The lowest BCUT2D eigenvalue weighted by Crippen LogP contribution is -2.15. The van der Waals surface area contributed by atoms with Crippen molar-refractivity contribution in [1.82, 2.24) is 5.16 Å². The van der Waals surface area contributed by atoms with Crippen molar-refractivity contribution in [3.8, 4) is 6.07 Å². The second-order valence-electron chi connectivity index (χ2n) is 4.27. The molecular formula is C12H8F3N3O3S. The van der Waals surface area contributed by atoms with Gasteiger partial charge in [-0.2, -0.15) is 18.4 Å². The van der Waals surface area contributed by atoms with Crippen LogP contribution in [-0.2, 0) is 16.2 Å². The molecule has 0 saturated carbocycles. The van der Waals surface area contributed by atoms with Crippen molar-refractivity contribution in [2.45, 2.75) is 18.0 Å². The van der Waals surface area contributed by atoms with Crippen molar-refractivity contribution in [2.75, 3.05) is 4.72 Å². The van der Waals surface area contributed by atoms with Gasteiger partial charge < -0.3 is 4.52 Å². The Kier molecular flexibility index (Phi) is 3.85. The summed E-state index contributed by atoms with van der Waals surface area (Å²) in [7, 11) is -4.19. The van der Waals surface area contributed by atoms with Gasteiger partial charge >= 0.3 is 6.18 Å². The summed E-state index contributed by atoms with van der Waals surface area (Å²) in [5.41, 5.74) is -1.59.